The van der Waals surface area contributed by atoms with E-state index in [1.165, 1.54) is 10.8 Å². The lowest BCUT2D eigenvalue weighted by atomic mass is 9.98. The smallest absolute Gasteiger partial charge is 0.102 e. The van der Waals surface area contributed by atoms with Crippen LogP contribution in [-0.2, 0) is 0 Å². The van der Waals surface area contributed by atoms with Gasteiger partial charge in [-0.1, -0.05) is 115 Å². The summed E-state index contributed by atoms with van der Waals surface area (Å²) in [6.07, 6.45) is 0. The molecule has 0 atom stereocenters. The van der Waals surface area contributed by atoms with E-state index < -0.39 is 0 Å². The summed E-state index contributed by atoms with van der Waals surface area (Å²) in [5.41, 5.74) is 12.0. The Morgan fingerprint density at radius 1 is 0.364 bits per heavy atom. The zero-order valence-corrected chi connectivity index (χ0v) is 29.5. The highest BCUT2D eigenvalue weighted by Gasteiger charge is 2.21. The number of para-hydroxylation sites is 5. The van der Waals surface area contributed by atoms with Crippen LogP contribution in [0.3, 0.4) is 0 Å². The average Bonchev–Trinajstić information content (AvgIpc) is 3.89. The fourth-order valence-corrected chi connectivity index (χ4v) is 8.83. The van der Waals surface area contributed by atoms with Crippen molar-refractivity contribution in [1.82, 2.24) is 13.7 Å². The first-order chi connectivity index (χ1) is 27.2. The van der Waals surface area contributed by atoms with Crippen molar-refractivity contribution in [2.45, 2.75) is 0 Å². The maximum atomic E-state index is 11.0. The minimum absolute atomic E-state index is 0.588. The third-order valence-corrected chi connectivity index (χ3v) is 11.1. The second-order valence-corrected chi connectivity index (χ2v) is 14.0. The lowest BCUT2D eigenvalue weighted by molar-refractivity contribution is 1.15. The molecule has 5 nitrogen and oxygen atoms in total. The fourth-order valence-electron chi connectivity index (χ4n) is 8.83. The van der Waals surface area contributed by atoms with Gasteiger partial charge in [-0.2, -0.15) is 10.5 Å². The maximum Gasteiger partial charge on any atom is 0.102 e. The van der Waals surface area contributed by atoms with Gasteiger partial charge in [0.1, 0.15) is 12.1 Å². The topological polar surface area (TPSA) is 62.4 Å². The molecule has 0 saturated carbocycles. The van der Waals surface area contributed by atoms with Gasteiger partial charge in [0.2, 0.25) is 0 Å². The molecule has 3 heterocycles. The number of rotatable bonds is 4. The van der Waals surface area contributed by atoms with E-state index in [2.05, 4.69) is 159 Å². The molecule has 11 aromatic rings. The van der Waals surface area contributed by atoms with Gasteiger partial charge in [0.05, 0.1) is 49.9 Å². The number of aromatic nitrogens is 3. The van der Waals surface area contributed by atoms with Crippen LogP contribution in [0, 0.1) is 22.7 Å². The number of fused-ring (bicyclic) bond motifs is 9. The van der Waals surface area contributed by atoms with Crippen LogP contribution < -0.4 is 0 Å². The predicted molar refractivity (Wildman–Crippen MR) is 224 cm³/mol. The van der Waals surface area contributed by atoms with E-state index >= 15 is 0 Å². The second kappa shape index (κ2) is 11.8. The van der Waals surface area contributed by atoms with Crippen LogP contribution >= 0.6 is 0 Å². The van der Waals surface area contributed by atoms with Gasteiger partial charge in [-0.3, -0.25) is 0 Å². The van der Waals surface area contributed by atoms with Crippen LogP contribution in [0.4, 0.5) is 0 Å². The fraction of sp³-hybridized carbons (Fsp3) is 0. The predicted octanol–water partition coefficient (Wildman–Crippen LogP) is 12.4. The SMILES string of the molecule is N#Cc1c(-c2cccc(-n3c4ccccc4c4cccc(C#N)c43)c2)cccc1-n1c2ccccc2c2ccc(-n3c4ccccc4c4ccccc43)cc21. The molecule has 0 aliphatic rings. The van der Waals surface area contributed by atoms with Crippen molar-refractivity contribution < 1.29 is 0 Å². The van der Waals surface area contributed by atoms with Gasteiger partial charge in [-0.25, -0.2) is 0 Å². The van der Waals surface area contributed by atoms with Crippen molar-refractivity contribution >= 4 is 65.4 Å². The first-order valence-corrected chi connectivity index (χ1v) is 18.3. The monoisotopic (exact) mass is 699 g/mol. The van der Waals surface area contributed by atoms with Crippen molar-refractivity contribution in [2.24, 2.45) is 0 Å². The largest absolute Gasteiger partial charge is 0.309 e. The molecule has 0 N–H and O–H groups in total. The second-order valence-electron chi connectivity index (χ2n) is 14.0. The molecule has 3 aromatic heterocycles. The van der Waals surface area contributed by atoms with Crippen LogP contribution in [0.1, 0.15) is 11.1 Å². The van der Waals surface area contributed by atoms with E-state index in [1.54, 1.807) is 0 Å². The first-order valence-electron chi connectivity index (χ1n) is 18.3. The summed E-state index contributed by atoms with van der Waals surface area (Å²) in [6.45, 7) is 0. The first kappa shape index (κ1) is 30.7. The van der Waals surface area contributed by atoms with E-state index in [4.69, 9.17) is 0 Å². The lowest BCUT2D eigenvalue weighted by Crippen LogP contribution is -2.01. The number of benzene rings is 8. The minimum Gasteiger partial charge on any atom is -0.309 e. The van der Waals surface area contributed by atoms with Crippen LogP contribution in [0.5, 0.6) is 0 Å². The molecule has 0 bridgehead atoms. The van der Waals surface area contributed by atoms with Gasteiger partial charge in [0.25, 0.3) is 0 Å². The van der Waals surface area contributed by atoms with E-state index in [9.17, 15) is 10.5 Å². The number of nitriles is 2. The molecule has 0 unspecified atom stereocenters. The van der Waals surface area contributed by atoms with E-state index in [0.717, 1.165) is 82.8 Å². The Morgan fingerprint density at radius 2 is 0.891 bits per heavy atom. The Bertz CT molecular complexity index is 3420. The Hall–Kier alpha value is -7.86. The Balaban J connectivity index is 1.14. The van der Waals surface area contributed by atoms with Crippen LogP contribution in [0.25, 0.3) is 93.6 Å². The summed E-state index contributed by atoms with van der Waals surface area (Å²) in [4.78, 5) is 0. The van der Waals surface area contributed by atoms with E-state index in [0.29, 0.717) is 11.1 Å². The molecular formula is C50H29N5. The summed E-state index contributed by atoms with van der Waals surface area (Å²) in [5, 5.41) is 28.0. The summed E-state index contributed by atoms with van der Waals surface area (Å²) < 4.78 is 6.76. The molecule has 11 rings (SSSR count). The highest BCUT2D eigenvalue weighted by molar-refractivity contribution is 6.13. The number of nitrogens with zero attached hydrogens (tertiary/aromatic N) is 5. The molecule has 5 heteroatoms. The summed E-state index contributed by atoms with van der Waals surface area (Å²) in [6, 6.07) is 65.9. The Morgan fingerprint density at radius 3 is 1.55 bits per heavy atom. The highest BCUT2D eigenvalue weighted by Crippen LogP contribution is 2.40. The molecule has 0 radical (unpaired) electrons. The molecule has 0 fully saturated rings. The average molecular weight is 700 g/mol. The molecular weight excluding hydrogens is 671 g/mol. The lowest BCUT2D eigenvalue weighted by Gasteiger charge is -2.15. The standard InChI is InChI=1S/C50H29N5/c51-30-33-13-10-20-42-40-18-4-7-23-46(40)54(50(33)42)34-14-9-12-32(28-34)36-19-11-25-48(43(36)31-52)55-47-24-8-3-17-39(47)41-27-26-35(29-49(41)55)53-44-21-5-1-15-37(44)38-16-2-6-22-45(38)53/h1-29H. The van der Waals surface area contributed by atoms with Gasteiger partial charge in [0.15, 0.2) is 0 Å². The third-order valence-electron chi connectivity index (χ3n) is 11.1. The summed E-state index contributed by atoms with van der Waals surface area (Å²) >= 11 is 0. The Kier molecular flexibility index (Phi) is 6.61. The van der Waals surface area contributed by atoms with Crippen LogP contribution in [-0.4, -0.2) is 13.7 Å². The molecule has 0 amide bonds. The van der Waals surface area contributed by atoms with Gasteiger partial charge in [-0.05, 0) is 66.2 Å². The third kappa shape index (κ3) is 4.39. The molecule has 55 heavy (non-hydrogen) atoms. The van der Waals surface area contributed by atoms with Crippen molar-refractivity contribution in [3.05, 3.63) is 187 Å². The van der Waals surface area contributed by atoms with Crippen molar-refractivity contribution in [2.75, 3.05) is 0 Å². The maximum absolute atomic E-state index is 11.0. The van der Waals surface area contributed by atoms with Crippen LogP contribution in [0.15, 0.2) is 176 Å². The van der Waals surface area contributed by atoms with Crippen molar-refractivity contribution in [3.8, 4) is 40.3 Å². The van der Waals surface area contributed by atoms with E-state index in [-0.39, 0.29) is 0 Å². The quantitative estimate of drug-likeness (QED) is 0.184. The molecule has 8 aromatic carbocycles. The van der Waals surface area contributed by atoms with Crippen molar-refractivity contribution in [3.63, 3.8) is 0 Å². The van der Waals surface area contributed by atoms with E-state index in [1.807, 2.05) is 42.5 Å². The molecule has 0 spiro atoms. The molecule has 0 saturated heterocycles. The van der Waals surface area contributed by atoms with Gasteiger partial charge >= 0.3 is 0 Å². The van der Waals surface area contributed by atoms with Gasteiger partial charge in [0, 0.05) is 49.3 Å². The number of hydrogen-bond donors (Lipinski definition) is 0. The number of hydrogen-bond acceptors (Lipinski definition) is 2. The highest BCUT2D eigenvalue weighted by atomic mass is 15.0. The van der Waals surface area contributed by atoms with Gasteiger partial charge in [-0.15, -0.1) is 0 Å². The zero-order chi connectivity index (χ0) is 36.6. The van der Waals surface area contributed by atoms with Gasteiger partial charge < -0.3 is 13.7 Å². The van der Waals surface area contributed by atoms with Crippen molar-refractivity contribution in [1.29, 1.82) is 10.5 Å². The van der Waals surface area contributed by atoms with Crippen LogP contribution in [0.2, 0.25) is 0 Å². The zero-order valence-electron chi connectivity index (χ0n) is 29.5. The summed E-state index contributed by atoms with van der Waals surface area (Å²) in [5.74, 6) is 0. The summed E-state index contributed by atoms with van der Waals surface area (Å²) in [7, 11) is 0. The molecule has 254 valence electrons. The molecule has 0 aliphatic heterocycles. The minimum atomic E-state index is 0.588. The normalized spacial score (nSPS) is 11.6. The Labute approximate surface area is 316 Å². The molecule has 0 aliphatic carbocycles.